The minimum atomic E-state index is -0.225. The molecule has 0 aromatic carbocycles. The van der Waals surface area contributed by atoms with Crippen LogP contribution >= 0.6 is 0 Å². The first-order valence-electron chi connectivity index (χ1n) is 9.32. The highest BCUT2D eigenvalue weighted by atomic mass is 16.2. The van der Waals surface area contributed by atoms with E-state index in [1.165, 1.54) is 25.8 Å². The number of hydrogen-bond acceptors (Lipinski definition) is 3. The molecular weight excluding hydrogens is 302 g/mol. The molecule has 1 heterocycles. The minimum absolute atomic E-state index is 0.0580. The van der Waals surface area contributed by atoms with Crippen molar-refractivity contribution in [1.82, 2.24) is 20.9 Å². The molecule has 6 nitrogen and oxygen atoms in total. The summed E-state index contributed by atoms with van der Waals surface area (Å²) in [6.45, 7) is 15.4. The van der Waals surface area contributed by atoms with Gasteiger partial charge in [0.25, 0.3) is 0 Å². The summed E-state index contributed by atoms with van der Waals surface area (Å²) < 4.78 is 0. The Kier molecular flexibility index (Phi) is 8.53. The molecule has 2 atom stereocenters. The van der Waals surface area contributed by atoms with Gasteiger partial charge in [0.2, 0.25) is 5.91 Å². The van der Waals surface area contributed by atoms with Gasteiger partial charge in [-0.1, -0.05) is 6.42 Å². The lowest BCUT2D eigenvalue weighted by molar-refractivity contribution is -0.121. The molecule has 6 heteroatoms. The second-order valence-electron chi connectivity index (χ2n) is 7.81. The molecule has 0 aromatic heterocycles. The van der Waals surface area contributed by atoms with Gasteiger partial charge in [-0.15, -0.1) is 0 Å². The third kappa shape index (κ3) is 7.99. The Morgan fingerprint density at radius 3 is 2.58 bits per heavy atom. The first kappa shape index (κ1) is 20.7. The Hall–Kier alpha value is -1.30. The second kappa shape index (κ2) is 9.87. The highest BCUT2D eigenvalue weighted by Crippen LogP contribution is 2.18. The van der Waals surface area contributed by atoms with Gasteiger partial charge in [-0.05, 0) is 60.9 Å². The third-order valence-electron chi connectivity index (χ3n) is 4.22. The molecule has 1 fully saturated rings. The van der Waals surface area contributed by atoms with Crippen LogP contribution in [0.15, 0.2) is 4.99 Å². The molecule has 1 saturated heterocycles. The Morgan fingerprint density at radius 2 is 2.00 bits per heavy atom. The molecule has 0 aromatic rings. The lowest BCUT2D eigenvalue weighted by Crippen LogP contribution is -2.50. The van der Waals surface area contributed by atoms with Crippen molar-refractivity contribution in [2.24, 2.45) is 4.99 Å². The summed E-state index contributed by atoms with van der Waals surface area (Å²) in [6, 6.07) is 1.10. The number of likely N-dealkylation sites (tertiary alicyclic amines) is 1. The molecule has 2 unspecified atom stereocenters. The van der Waals surface area contributed by atoms with E-state index < -0.39 is 0 Å². The van der Waals surface area contributed by atoms with Crippen LogP contribution in [0.25, 0.3) is 0 Å². The van der Waals surface area contributed by atoms with Gasteiger partial charge in [0.05, 0.1) is 0 Å². The first-order valence-corrected chi connectivity index (χ1v) is 9.32. The van der Waals surface area contributed by atoms with Crippen molar-refractivity contribution in [1.29, 1.82) is 0 Å². The van der Waals surface area contributed by atoms with E-state index in [0.717, 1.165) is 13.1 Å². The summed E-state index contributed by atoms with van der Waals surface area (Å²) >= 11 is 0. The summed E-state index contributed by atoms with van der Waals surface area (Å²) in [7, 11) is 0. The number of carbonyl (C=O) groups excluding carboxylic acids is 1. The molecular formula is C18H37N5O. The van der Waals surface area contributed by atoms with Gasteiger partial charge >= 0.3 is 0 Å². The third-order valence-corrected chi connectivity index (χ3v) is 4.22. The molecule has 24 heavy (non-hydrogen) atoms. The SMILES string of the molecule is CCNC(=NCC(=O)NC(C)(C)C)NCC(C)N1CCCCC1C. The van der Waals surface area contributed by atoms with Crippen LogP contribution in [0.5, 0.6) is 0 Å². The number of carbonyl (C=O) groups is 1. The maximum atomic E-state index is 11.9. The molecule has 3 N–H and O–H groups in total. The summed E-state index contributed by atoms with van der Waals surface area (Å²) in [5, 5.41) is 9.51. The second-order valence-corrected chi connectivity index (χ2v) is 7.81. The number of aliphatic imine (C=N–C) groups is 1. The Morgan fingerprint density at radius 1 is 1.29 bits per heavy atom. The summed E-state index contributed by atoms with van der Waals surface area (Å²) in [5.74, 6) is 0.649. The molecule has 1 rings (SSSR count). The number of rotatable bonds is 6. The fourth-order valence-corrected chi connectivity index (χ4v) is 3.09. The van der Waals surface area contributed by atoms with Crippen LogP contribution in [-0.4, -0.2) is 60.6 Å². The maximum Gasteiger partial charge on any atom is 0.242 e. The zero-order valence-corrected chi connectivity index (χ0v) is 16.4. The van der Waals surface area contributed by atoms with Crippen LogP contribution in [0, 0.1) is 0 Å². The number of nitrogens with one attached hydrogen (secondary N) is 3. The van der Waals surface area contributed by atoms with Crippen LogP contribution in [0.4, 0.5) is 0 Å². The highest BCUT2D eigenvalue weighted by molar-refractivity contribution is 5.85. The fraction of sp³-hybridized carbons (Fsp3) is 0.889. The number of amides is 1. The topological polar surface area (TPSA) is 68.8 Å². The monoisotopic (exact) mass is 339 g/mol. The molecule has 0 saturated carbocycles. The van der Waals surface area contributed by atoms with Gasteiger partial charge in [-0.2, -0.15) is 0 Å². The normalized spacial score (nSPS) is 21.2. The lowest BCUT2D eigenvalue weighted by Gasteiger charge is -2.38. The van der Waals surface area contributed by atoms with Crippen molar-refractivity contribution in [2.75, 3.05) is 26.2 Å². The Bertz CT molecular complexity index is 416. The molecule has 1 aliphatic heterocycles. The number of piperidine rings is 1. The van der Waals surface area contributed by atoms with E-state index in [4.69, 9.17) is 0 Å². The van der Waals surface area contributed by atoms with Gasteiger partial charge in [-0.3, -0.25) is 9.69 Å². The van der Waals surface area contributed by atoms with Crippen molar-refractivity contribution in [3.05, 3.63) is 0 Å². The van der Waals surface area contributed by atoms with Crippen LogP contribution in [0.2, 0.25) is 0 Å². The Balaban J connectivity index is 2.49. The minimum Gasteiger partial charge on any atom is -0.357 e. The van der Waals surface area contributed by atoms with Crippen LogP contribution in [0.1, 0.15) is 60.8 Å². The van der Waals surface area contributed by atoms with E-state index in [0.29, 0.717) is 18.0 Å². The summed E-state index contributed by atoms with van der Waals surface area (Å²) in [6.07, 6.45) is 3.91. The van der Waals surface area contributed by atoms with Gasteiger partial charge in [0, 0.05) is 30.7 Å². The summed E-state index contributed by atoms with van der Waals surface area (Å²) in [5.41, 5.74) is -0.225. The van der Waals surface area contributed by atoms with E-state index in [9.17, 15) is 4.79 Å². The van der Waals surface area contributed by atoms with Gasteiger partial charge < -0.3 is 16.0 Å². The zero-order valence-electron chi connectivity index (χ0n) is 16.4. The standard InChI is InChI=1S/C18H37N5O/c1-7-19-17(21-13-16(24)22-18(4,5)6)20-12-15(3)23-11-9-8-10-14(23)2/h14-15H,7-13H2,1-6H3,(H,22,24)(H2,19,20,21). The average molecular weight is 340 g/mol. The molecule has 0 radical (unpaired) electrons. The predicted molar refractivity (Wildman–Crippen MR) is 101 cm³/mol. The van der Waals surface area contributed by atoms with Crippen LogP contribution in [0.3, 0.4) is 0 Å². The highest BCUT2D eigenvalue weighted by Gasteiger charge is 2.23. The van der Waals surface area contributed by atoms with Gasteiger partial charge in [0.15, 0.2) is 5.96 Å². The van der Waals surface area contributed by atoms with Crippen molar-refractivity contribution in [3.8, 4) is 0 Å². The molecule has 0 spiro atoms. The fourth-order valence-electron chi connectivity index (χ4n) is 3.09. The van der Waals surface area contributed by atoms with Gasteiger partial charge in [-0.25, -0.2) is 4.99 Å². The average Bonchev–Trinajstić information content (AvgIpc) is 2.48. The maximum absolute atomic E-state index is 11.9. The van der Waals surface area contributed by atoms with E-state index in [2.05, 4.69) is 39.7 Å². The first-order chi connectivity index (χ1) is 11.2. The molecule has 140 valence electrons. The van der Waals surface area contributed by atoms with Crippen LogP contribution < -0.4 is 16.0 Å². The number of hydrogen-bond donors (Lipinski definition) is 3. The zero-order chi connectivity index (χ0) is 18.2. The lowest BCUT2D eigenvalue weighted by atomic mass is 10.0. The van der Waals surface area contributed by atoms with E-state index >= 15 is 0 Å². The van der Waals surface area contributed by atoms with E-state index in [1.54, 1.807) is 0 Å². The number of guanidine groups is 1. The van der Waals surface area contributed by atoms with Crippen LogP contribution in [-0.2, 0) is 4.79 Å². The Labute approximate surface area is 147 Å². The molecule has 1 aliphatic rings. The van der Waals surface area contributed by atoms with E-state index in [1.807, 2.05) is 27.7 Å². The van der Waals surface area contributed by atoms with Crippen molar-refractivity contribution < 1.29 is 4.79 Å². The van der Waals surface area contributed by atoms with E-state index in [-0.39, 0.29) is 18.0 Å². The van der Waals surface area contributed by atoms with Crippen molar-refractivity contribution in [3.63, 3.8) is 0 Å². The largest absolute Gasteiger partial charge is 0.357 e. The smallest absolute Gasteiger partial charge is 0.242 e. The predicted octanol–water partition coefficient (Wildman–Crippen LogP) is 1.72. The van der Waals surface area contributed by atoms with Crippen molar-refractivity contribution >= 4 is 11.9 Å². The quantitative estimate of drug-likeness (QED) is 0.509. The van der Waals surface area contributed by atoms with Gasteiger partial charge in [0.1, 0.15) is 6.54 Å². The summed E-state index contributed by atoms with van der Waals surface area (Å²) in [4.78, 5) is 18.9. The molecule has 0 aliphatic carbocycles. The molecule has 1 amide bonds. The van der Waals surface area contributed by atoms with Crippen molar-refractivity contribution in [2.45, 2.75) is 78.4 Å². The number of nitrogens with zero attached hydrogens (tertiary/aromatic N) is 2. The molecule has 0 bridgehead atoms.